The minimum Gasteiger partial charge on any atom is -0.484 e. The molecule has 0 N–H and O–H groups in total. The first-order valence-corrected chi connectivity index (χ1v) is 9.16. The summed E-state index contributed by atoms with van der Waals surface area (Å²) in [6.07, 6.45) is 0.831. The second-order valence-corrected chi connectivity index (χ2v) is 6.86. The summed E-state index contributed by atoms with van der Waals surface area (Å²) >= 11 is 5.88. The third kappa shape index (κ3) is 3.66. The van der Waals surface area contributed by atoms with Crippen molar-refractivity contribution in [3.8, 4) is 5.75 Å². The number of rotatable bonds is 3. The number of carbonyl (C=O) groups excluding carboxylic acids is 1. The molecule has 1 aliphatic heterocycles. The van der Waals surface area contributed by atoms with E-state index >= 15 is 0 Å². The van der Waals surface area contributed by atoms with Crippen molar-refractivity contribution in [2.45, 2.75) is 6.42 Å². The Morgan fingerprint density at radius 1 is 1.04 bits per heavy atom. The zero-order valence-electron chi connectivity index (χ0n) is 14.9. The number of para-hydroxylation sites is 2. The van der Waals surface area contributed by atoms with Crippen LogP contribution in [0.1, 0.15) is 6.42 Å². The Bertz CT molecular complexity index is 977. The number of aromatic nitrogens is 2. The molecule has 3 aromatic rings. The molecule has 7 heteroatoms. The first kappa shape index (κ1) is 17.5. The van der Waals surface area contributed by atoms with Crippen molar-refractivity contribution in [3.05, 3.63) is 53.6 Å². The second-order valence-electron chi connectivity index (χ2n) is 6.42. The van der Waals surface area contributed by atoms with Crippen molar-refractivity contribution >= 4 is 40.2 Å². The monoisotopic (exact) mass is 382 g/mol. The van der Waals surface area contributed by atoms with E-state index in [1.54, 1.807) is 29.2 Å². The maximum atomic E-state index is 12.9. The van der Waals surface area contributed by atoms with Gasteiger partial charge in [0.25, 0.3) is 5.91 Å². The van der Waals surface area contributed by atoms with E-state index in [0.717, 1.165) is 24.0 Å². The van der Waals surface area contributed by atoms with Crippen LogP contribution in [0.15, 0.2) is 48.5 Å². The van der Waals surface area contributed by atoms with Crippen LogP contribution in [-0.2, 0) is 4.79 Å². The molecule has 2 heterocycles. The number of amides is 1. The number of hydrogen-bond acceptors (Lipinski definition) is 5. The molecule has 0 bridgehead atoms. The first-order chi connectivity index (χ1) is 13.1. The number of carbonyl (C=O) groups is 1. The van der Waals surface area contributed by atoms with Gasteiger partial charge in [0.15, 0.2) is 18.2 Å². The molecule has 4 rings (SSSR count). The van der Waals surface area contributed by atoms with E-state index in [2.05, 4.69) is 0 Å². The quantitative estimate of drug-likeness (QED) is 0.693. The van der Waals surface area contributed by atoms with Crippen LogP contribution in [0, 0.1) is 0 Å². The fraction of sp³-hybridized carbons (Fsp3) is 0.250. The Labute approximate surface area is 162 Å². The summed E-state index contributed by atoms with van der Waals surface area (Å²) in [5, 5.41) is 0.625. The Morgan fingerprint density at radius 2 is 1.70 bits per heavy atom. The zero-order valence-corrected chi connectivity index (χ0v) is 15.7. The van der Waals surface area contributed by atoms with Gasteiger partial charge in [-0.05, 0) is 42.8 Å². The van der Waals surface area contributed by atoms with Gasteiger partial charge in [-0.1, -0.05) is 23.7 Å². The highest BCUT2D eigenvalue weighted by atomic mass is 35.5. The van der Waals surface area contributed by atoms with E-state index in [-0.39, 0.29) is 12.5 Å². The summed E-state index contributed by atoms with van der Waals surface area (Å²) in [5.41, 5.74) is 1.58. The number of halogens is 1. The average Bonchev–Trinajstić information content (AvgIpc) is 2.84. The van der Waals surface area contributed by atoms with Gasteiger partial charge in [0.2, 0.25) is 0 Å². The molecule has 27 heavy (non-hydrogen) atoms. The molecule has 0 atom stereocenters. The van der Waals surface area contributed by atoms with Crippen molar-refractivity contribution in [3.63, 3.8) is 0 Å². The summed E-state index contributed by atoms with van der Waals surface area (Å²) in [5.74, 6) is 1.75. The highest BCUT2D eigenvalue weighted by Gasteiger charge is 2.27. The molecule has 0 unspecified atom stereocenters. The lowest BCUT2D eigenvalue weighted by atomic mass is 10.3. The third-order valence-electron chi connectivity index (χ3n) is 4.50. The van der Waals surface area contributed by atoms with Crippen LogP contribution >= 0.6 is 11.6 Å². The topological polar surface area (TPSA) is 58.6 Å². The van der Waals surface area contributed by atoms with Gasteiger partial charge in [-0.25, -0.2) is 9.97 Å². The molecule has 0 radical (unpaired) electrons. The van der Waals surface area contributed by atoms with Gasteiger partial charge in [0.05, 0.1) is 11.0 Å². The summed E-state index contributed by atoms with van der Waals surface area (Å²) in [4.78, 5) is 26.1. The number of ether oxygens (including phenoxy) is 1. The van der Waals surface area contributed by atoms with E-state index in [9.17, 15) is 4.79 Å². The largest absolute Gasteiger partial charge is 0.484 e. The van der Waals surface area contributed by atoms with Gasteiger partial charge in [0.1, 0.15) is 5.75 Å². The highest BCUT2D eigenvalue weighted by Crippen LogP contribution is 2.30. The molecule has 0 fully saturated rings. The van der Waals surface area contributed by atoms with Crippen molar-refractivity contribution in [2.75, 3.05) is 36.5 Å². The smallest absolute Gasteiger partial charge is 0.266 e. The van der Waals surface area contributed by atoms with Gasteiger partial charge < -0.3 is 9.64 Å². The van der Waals surface area contributed by atoms with Crippen LogP contribution < -0.4 is 14.5 Å². The predicted octanol–water partition coefficient (Wildman–Crippen LogP) is 3.54. The maximum absolute atomic E-state index is 12.9. The van der Waals surface area contributed by atoms with Gasteiger partial charge in [-0.3, -0.25) is 9.69 Å². The predicted molar refractivity (Wildman–Crippen MR) is 107 cm³/mol. The van der Waals surface area contributed by atoms with Crippen molar-refractivity contribution in [2.24, 2.45) is 0 Å². The van der Waals surface area contributed by atoms with Crippen LogP contribution in [-0.4, -0.2) is 42.6 Å². The van der Waals surface area contributed by atoms with Gasteiger partial charge in [-0.15, -0.1) is 0 Å². The third-order valence-corrected chi connectivity index (χ3v) is 4.76. The molecule has 138 valence electrons. The molecule has 0 spiro atoms. The summed E-state index contributed by atoms with van der Waals surface area (Å²) < 4.78 is 5.63. The Hall–Kier alpha value is -2.86. The van der Waals surface area contributed by atoms with E-state index in [0.29, 0.717) is 29.0 Å². The highest BCUT2D eigenvalue weighted by molar-refractivity contribution is 6.30. The van der Waals surface area contributed by atoms with Gasteiger partial charge in [0, 0.05) is 25.2 Å². The standard InChI is InChI=1S/C20H19ClN4O2/c1-24-11-4-12-25(18(26)13-27-15-9-7-14(21)8-10-15)20-19(24)22-16-5-2-3-6-17(16)23-20/h2-3,5-10H,4,11-13H2,1H3. The lowest BCUT2D eigenvalue weighted by Gasteiger charge is -2.22. The Morgan fingerprint density at radius 3 is 2.41 bits per heavy atom. The fourth-order valence-corrected chi connectivity index (χ4v) is 3.22. The zero-order chi connectivity index (χ0) is 18.8. The molecule has 1 amide bonds. The van der Waals surface area contributed by atoms with Crippen molar-refractivity contribution < 1.29 is 9.53 Å². The molecule has 1 aromatic heterocycles. The molecule has 0 saturated carbocycles. The molecule has 6 nitrogen and oxygen atoms in total. The van der Waals surface area contributed by atoms with E-state index < -0.39 is 0 Å². The number of anilines is 2. The van der Waals surface area contributed by atoms with E-state index in [4.69, 9.17) is 26.3 Å². The number of fused-ring (bicyclic) bond motifs is 2. The molecular formula is C20H19ClN4O2. The van der Waals surface area contributed by atoms with Crippen molar-refractivity contribution in [1.29, 1.82) is 0 Å². The average molecular weight is 383 g/mol. The first-order valence-electron chi connectivity index (χ1n) is 8.78. The van der Waals surface area contributed by atoms with Crippen LogP contribution in [0.25, 0.3) is 11.0 Å². The van der Waals surface area contributed by atoms with Crippen LogP contribution in [0.2, 0.25) is 5.02 Å². The molecule has 0 aliphatic carbocycles. The normalized spacial score (nSPS) is 14.0. The van der Waals surface area contributed by atoms with E-state index in [1.165, 1.54) is 0 Å². The van der Waals surface area contributed by atoms with Crippen LogP contribution in [0.5, 0.6) is 5.75 Å². The lowest BCUT2D eigenvalue weighted by molar-refractivity contribution is -0.120. The van der Waals surface area contributed by atoms with Crippen LogP contribution in [0.4, 0.5) is 11.6 Å². The number of nitrogens with zero attached hydrogens (tertiary/aromatic N) is 4. The minimum atomic E-state index is -0.147. The summed E-state index contributed by atoms with van der Waals surface area (Å²) in [6, 6.07) is 14.6. The Balaban J connectivity index is 1.62. The molecular weight excluding hydrogens is 364 g/mol. The van der Waals surface area contributed by atoms with Crippen molar-refractivity contribution in [1.82, 2.24) is 9.97 Å². The van der Waals surface area contributed by atoms with Crippen LogP contribution in [0.3, 0.4) is 0 Å². The summed E-state index contributed by atoms with van der Waals surface area (Å²) in [7, 11) is 1.97. The number of benzene rings is 2. The molecule has 0 saturated heterocycles. The number of hydrogen-bond donors (Lipinski definition) is 0. The molecule has 1 aliphatic rings. The lowest BCUT2D eigenvalue weighted by Crippen LogP contribution is -2.36. The van der Waals surface area contributed by atoms with Gasteiger partial charge in [-0.2, -0.15) is 0 Å². The second kappa shape index (κ2) is 7.40. The Kier molecular flexibility index (Phi) is 4.81. The summed E-state index contributed by atoms with van der Waals surface area (Å²) in [6.45, 7) is 1.31. The molecule has 2 aromatic carbocycles. The minimum absolute atomic E-state index is 0.0701. The van der Waals surface area contributed by atoms with E-state index in [1.807, 2.05) is 36.2 Å². The van der Waals surface area contributed by atoms with Gasteiger partial charge >= 0.3 is 0 Å². The fourth-order valence-electron chi connectivity index (χ4n) is 3.09. The SMILES string of the molecule is CN1CCCN(C(=O)COc2ccc(Cl)cc2)c2nc3ccccc3nc21. The maximum Gasteiger partial charge on any atom is 0.266 e.